The minimum absolute atomic E-state index is 0.0556. The first-order valence-corrected chi connectivity index (χ1v) is 10.3. The Morgan fingerprint density at radius 2 is 1.74 bits per heavy atom. The topological polar surface area (TPSA) is 50.1 Å². The number of hydrogen-bond donors (Lipinski definition) is 0. The van der Waals surface area contributed by atoms with Gasteiger partial charge in [0.15, 0.2) is 5.82 Å². The lowest BCUT2D eigenvalue weighted by Crippen LogP contribution is -2.48. The minimum Gasteiger partial charge on any atom is -0.297 e. The Balaban J connectivity index is 1.68. The molecular weight excluding hydrogens is 336 g/mol. The fourth-order valence-electron chi connectivity index (χ4n) is 3.81. The third-order valence-electron chi connectivity index (χ3n) is 5.89. The van der Waals surface area contributed by atoms with Gasteiger partial charge in [0.05, 0.1) is 11.6 Å². The van der Waals surface area contributed by atoms with Crippen LogP contribution in [0.5, 0.6) is 0 Å². The van der Waals surface area contributed by atoms with Gasteiger partial charge in [-0.05, 0) is 42.7 Å². The summed E-state index contributed by atoms with van der Waals surface area (Å²) in [6.45, 7) is 14.2. The lowest BCUT2D eigenvalue weighted by molar-refractivity contribution is 0.0788. The van der Waals surface area contributed by atoms with Crippen LogP contribution in [-0.2, 0) is 12.1 Å². The normalized spacial score (nSPS) is 17.9. The Kier molecular flexibility index (Phi) is 6.60. The number of aromatic nitrogens is 4. The van der Waals surface area contributed by atoms with Crippen LogP contribution in [0, 0.1) is 0 Å². The van der Waals surface area contributed by atoms with E-state index in [4.69, 9.17) is 0 Å². The van der Waals surface area contributed by atoms with Gasteiger partial charge in [-0.15, -0.1) is 5.10 Å². The molecule has 0 N–H and O–H groups in total. The highest BCUT2D eigenvalue weighted by atomic mass is 15.6. The van der Waals surface area contributed by atoms with Crippen LogP contribution < -0.4 is 0 Å². The van der Waals surface area contributed by atoms with Crippen LogP contribution in [0.1, 0.15) is 64.4 Å². The molecule has 6 nitrogen and oxygen atoms in total. The van der Waals surface area contributed by atoms with Crippen LogP contribution in [-0.4, -0.2) is 56.2 Å². The van der Waals surface area contributed by atoms with Crippen molar-refractivity contribution in [2.24, 2.45) is 0 Å². The molecule has 1 unspecified atom stereocenters. The molecule has 1 aromatic carbocycles. The van der Waals surface area contributed by atoms with E-state index in [9.17, 15) is 0 Å². The van der Waals surface area contributed by atoms with Gasteiger partial charge in [0.25, 0.3) is 0 Å². The van der Waals surface area contributed by atoms with Crippen molar-refractivity contribution in [2.45, 2.75) is 65.1 Å². The van der Waals surface area contributed by atoms with Crippen LogP contribution >= 0.6 is 0 Å². The monoisotopic (exact) mass is 370 g/mol. The van der Waals surface area contributed by atoms with E-state index in [1.54, 1.807) is 0 Å². The maximum atomic E-state index is 4.46. The summed E-state index contributed by atoms with van der Waals surface area (Å²) < 4.78 is 2.06. The molecule has 0 saturated carbocycles. The molecule has 0 amide bonds. The Bertz CT molecular complexity index is 688. The van der Waals surface area contributed by atoms with Gasteiger partial charge < -0.3 is 0 Å². The SMILES string of the molecule is CCCC(c1nnnn1C(C)(C)CC)N1CCN(Cc2ccccc2)CC1. The standard InChI is InChI=1S/C21H34N6/c1-5-10-19(20-22-23-24-27(20)21(3,4)6-2)26-15-13-25(14-16-26)17-18-11-8-7-9-12-18/h7-9,11-12,19H,5-6,10,13-17H2,1-4H3. The summed E-state index contributed by atoms with van der Waals surface area (Å²) in [5.74, 6) is 1.03. The lowest BCUT2D eigenvalue weighted by atomic mass is 10.0. The molecule has 1 aliphatic rings. The van der Waals surface area contributed by atoms with Crippen LogP contribution in [0.3, 0.4) is 0 Å². The molecule has 0 bridgehead atoms. The average molecular weight is 371 g/mol. The molecule has 2 heterocycles. The van der Waals surface area contributed by atoms with Gasteiger partial charge in [-0.2, -0.15) is 0 Å². The molecule has 1 aliphatic heterocycles. The molecule has 2 aromatic rings. The third kappa shape index (κ3) is 4.74. The summed E-state index contributed by atoms with van der Waals surface area (Å²) in [6, 6.07) is 11.1. The molecule has 1 atom stereocenters. The van der Waals surface area contributed by atoms with Crippen molar-refractivity contribution in [1.29, 1.82) is 0 Å². The van der Waals surface area contributed by atoms with E-state index in [1.165, 1.54) is 5.56 Å². The van der Waals surface area contributed by atoms with E-state index >= 15 is 0 Å². The van der Waals surface area contributed by atoms with Gasteiger partial charge in [0.1, 0.15) is 0 Å². The Morgan fingerprint density at radius 3 is 2.37 bits per heavy atom. The predicted molar refractivity (Wildman–Crippen MR) is 108 cm³/mol. The first-order valence-electron chi connectivity index (χ1n) is 10.3. The van der Waals surface area contributed by atoms with Gasteiger partial charge in [0, 0.05) is 32.7 Å². The predicted octanol–water partition coefficient (Wildman–Crippen LogP) is 3.48. The fourth-order valence-corrected chi connectivity index (χ4v) is 3.81. The first kappa shape index (κ1) is 20.0. The van der Waals surface area contributed by atoms with E-state index in [0.29, 0.717) is 6.04 Å². The Morgan fingerprint density at radius 1 is 1.04 bits per heavy atom. The molecule has 0 aliphatic carbocycles. The summed E-state index contributed by atoms with van der Waals surface area (Å²) in [4.78, 5) is 5.13. The van der Waals surface area contributed by atoms with Crippen molar-refractivity contribution >= 4 is 0 Å². The second-order valence-corrected chi connectivity index (χ2v) is 8.22. The number of rotatable bonds is 8. The summed E-state index contributed by atoms with van der Waals surface area (Å²) in [5.41, 5.74) is 1.34. The van der Waals surface area contributed by atoms with Gasteiger partial charge in [-0.25, -0.2) is 4.68 Å². The molecule has 0 spiro atoms. The smallest absolute Gasteiger partial charge is 0.168 e. The Labute approximate surface area is 163 Å². The molecule has 6 heteroatoms. The first-order chi connectivity index (χ1) is 13.0. The van der Waals surface area contributed by atoms with Gasteiger partial charge in [-0.1, -0.05) is 50.6 Å². The highest BCUT2D eigenvalue weighted by Gasteiger charge is 2.32. The van der Waals surface area contributed by atoms with E-state index < -0.39 is 0 Å². The second-order valence-electron chi connectivity index (χ2n) is 8.22. The molecule has 27 heavy (non-hydrogen) atoms. The van der Waals surface area contributed by atoms with Crippen molar-refractivity contribution < 1.29 is 0 Å². The summed E-state index contributed by atoms with van der Waals surface area (Å²) in [7, 11) is 0. The third-order valence-corrected chi connectivity index (χ3v) is 5.89. The highest BCUT2D eigenvalue weighted by Crippen LogP contribution is 2.29. The molecule has 3 rings (SSSR count). The summed E-state index contributed by atoms with van der Waals surface area (Å²) in [5, 5.41) is 12.8. The maximum Gasteiger partial charge on any atom is 0.168 e. The zero-order chi connectivity index (χ0) is 19.3. The number of nitrogens with zero attached hydrogens (tertiary/aromatic N) is 6. The van der Waals surface area contributed by atoms with Crippen molar-refractivity contribution in [3.63, 3.8) is 0 Å². The molecule has 1 aromatic heterocycles. The summed E-state index contributed by atoms with van der Waals surface area (Å²) >= 11 is 0. The number of benzene rings is 1. The number of hydrogen-bond acceptors (Lipinski definition) is 5. The van der Waals surface area contributed by atoms with Crippen molar-refractivity contribution in [2.75, 3.05) is 26.2 Å². The zero-order valence-corrected chi connectivity index (χ0v) is 17.3. The van der Waals surface area contributed by atoms with Crippen molar-refractivity contribution in [3.05, 3.63) is 41.7 Å². The van der Waals surface area contributed by atoms with Gasteiger partial charge in [0.2, 0.25) is 0 Å². The van der Waals surface area contributed by atoms with Crippen molar-refractivity contribution in [1.82, 2.24) is 30.0 Å². The van der Waals surface area contributed by atoms with E-state index in [1.807, 2.05) is 0 Å². The number of piperazine rings is 1. The largest absolute Gasteiger partial charge is 0.297 e. The maximum absolute atomic E-state index is 4.46. The van der Waals surface area contributed by atoms with Crippen LogP contribution in [0.25, 0.3) is 0 Å². The van der Waals surface area contributed by atoms with Crippen molar-refractivity contribution in [3.8, 4) is 0 Å². The molecule has 148 valence electrons. The van der Waals surface area contributed by atoms with Crippen LogP contribution in [0.4, 0.5) is 0 Å². The number of tetrazole rings is 1. The Hall–Kier alpha value is -1.79. The quantitative estimate of drug-likeness (QED) is 0.712. The minimum atomic E-state index is -0.0556. The van der Waals surface area contributed by atoms with E-state index in [0.717, 1.165) is 57.8 Å². The lowest BCUT2D eigenvalue weighted by Gasteiger charge is -2.39. The highest BCUT2D eigenvalue weighted by molar-refractivity contribution is 5.14. The average Bonchev–Trinajstić information content (AvgIpc) is 3.18. The molecule has 0 radical (unpaired) electrons. The second kappa shape index (κ2) is 8.93. The molecule has 1 fully saturated rings. The van der Waals surface area contributed by atoms with Gasteiger partial charge >= 0.3 is 0 Å². The van der Waals surface area contributed by atoms with Gasteiger partial charge in [-0.3, -0.25) is 9.80 Å². The molecular formula is C21H34N6. The van der Waals surface area contributed by atoms with Crippen LogP contribution in [0.15, 0.2) is 30.3 Å². The zero-order valence-electron chi connectivity index (χ0n) is 17.3. The van der Waals surface area contributed by atoms with E-state index in [2.05, 4.69) is 88.0 Å². The molecule has 1 saturated heterocycles. The fraction of sp³-hybridized carbons (Fsp3) is 0.667. The van der Waals surface area contributed by atoms with E-state index in [-0.39, 0.29) is 5.54 Å². The summed E-state index contributed by atoms with van der Waals surface area (Å²) in [6.07, 6.45) is 3.24. The van der Waals surface area contributed by atoms with Crippen LogP contribution in [0.2, 0.25) is 0 Å².